The molecule has 0 radical (unpaired) electrons. The molecule has 0 amide bonds. The summed E-state index contributed by atoms with van der Waals surface area (Å²) in [7, 11) is 0. The van der Waals surface area contributed by atoms with Crippen LogP contribution in [0.25, 0.3) is 0 Å². The number of anilines is 2. The van der Waals surface area contributed by atoms with E-state index in [0.717, 1.165) is 0 Å². The molecule has 2 N–H and O–H groups in total. The molecule has 0 saturated heterocycles. The molecule has 0 spiro atoms. The zero-order valence-electron chi connectivity index (χ0n) is 10.2. The van der Waals surface area contributed by atoms with E-state index in [4.69, 9.17) is 5.11 Å². The van der Waals surface area contributed by atoms with E-state index in [-0.39, 0.29) is 11.3 Å². The first-order chi connectivity index (χ1) is 9.56. The van der Waals surface area contributed by atoms with Crippen LogP contribution in [0.1, 0.15) is 10.4 Å². The van der Waals surface area contributed by atoms with Crippen LogP contribution in [-0.2, 0) is 0 Å². The fraction of sp³-hybridized carbons (Fsp3) is 0.0714. The topological polar surface area (TPSA) is 58.6 Å². The van der Waals surface area contributed by atoms with Crippen molar-refractivity contribution >= 4 is 17.3 Å². The van der Waals surface area contributed by atoms with Crippen molar-refractivity contribution in [3.05, 3.63) is 54.1 Å². The van der Waals surface area contributed by atoms with Crippen molar-refractivity contribution in [3.8, 4) is 5.75 Å². The molecule has 0 aliphatic rings. The van der Waals surface area contributed by atoms with Crippen LogP contribution in [-0.4, -0.2) is 17.7 Å². The maximum absolute atomic E-state index is 12.1. The smallest absolute Gasteiger partial charge is 0.387 e. The maximum Gasteiger partial charge on any atom is 0.387 e. The number of hydrogen-bond acceptors (Lipinski definition) is 3. The zero-order valence-corrected chi connectivity index (χ0v) is 10.2. The van der Waals surface area contributed by atoms with Gasteiger partial charge in [0, 0.05) is 11.8 Å². The van der Waals surface area contributed by atoms with Crippen LogP contribution in [0.15, 0.2) is 48.5 Å². The highest BCUT2D eigenvalue weighted by Crippen LogP contribution is 2.24. The summed E-state index contributed by atoms with van der Waals surface area (Å²) in [5.41, 5.74) is 0.915. The fourth-order valence-corrected chi connectivity index (χ4v) is 1.68. The summed E-state index contributed by atoms with van der Waals surface area (Å²) in [5.74, 6) is -1.08. The number of alkyl halides is 2. The molecule has 0 heterocycles. The summed E-state index contributed by atoms with van der Waals surface area (Å²) >= 11 is 0. The van der Waals surface area contributed by atoms with Gasteiger partial charge in [0.25, 0.3) is 0 Å². The number of ether oxygens (including phenoxy) is 1. The molecule has 2 aromatic carbocycles. The van der Waals surface area contributed by atoms with Crippen molar-refractivity contribution in [2.75, 3.05) is 5.32 Å². The van der Waals surface area contributed by atoms with E-state index in [1.54, 1.807) is 24.3 Å². The van der Waals surface area contributed by atoms with E-state index < -0.39 is 12.6 Å². The van der Waals surface area contributed by atoms with Crippen LogP contribution < -0.4 is 10.1 Å². The quantitative estimate of drug-likeness (QED) is 0.875. The third kappa shape index (κ3) is 3.44. The number of hydrogen-bond donors (Lipinski definition) is 2. The molecule has 0 aromatic heterocycles. The highest BCUT2D eigenvalue weighted by Gasteiger charge is 2.10. The van der Waals surface area contributed by atoms with Gasteiger partial charge in [0.1, 0.15) is 5.75 Å². The van der Waals surface area contributed by atoms with Gasteiger partial charge in [-0.05, 0) is 24.3 Å². The lowest BCUT2D eigenvalue weighted by Gasteiger charge is -2.11. The molecule has 2 aromatic rings. The Hall–Kier alpha value is -2.63. The van der Waals surface area contributed by atoms with E-state index in [9.17, 15) is 13.6 Å². The van der Waals surface area contributed by atoms with Gasteiger partial charge in [-0.3, -0.25) is 0 Å². The number of benzene rings is 2. The molecule has 20 heavy (non-hydrogen) atoms. The molecule has 0 saturated carbocycles. The first-order valence-corrected chi connectivity index (χ1v) is 5.70. The predicted octanol–water partition coefficient (Wildman–Crippen LogP) is 3.73. The van der Waals surface area contributed by atoms with Crippen LogP contribution in [0.5, 0.6) is 5.75 Å². The SMILES string of the molecule is O=C(O)c1ccccc1Nc1cccc(OC(F)F)c1. The highest BCUT2D eigenvalue weighted by atomic mass is 19.3. The molecule has 0 aliphatic carbocycles. The summed E-state index contributed by atoms with van der Waals surface area (Å²) in [6.07, 6.45) is 0. The van der Waals surface area contributed by atoms with Crippen LogP contribution >= 0.6 is 0 Å². The van der Waals surface area contributed by atoms with E-state index in [0.29, 0.717) is 11.4 Å². The number of carbonyl (C=O) groups is 1. The number of para-hydroxylation sites is 1. The van der Waals surface area contributed by atoms with Gasteiger partial charge in [-0.2, -0.15) is 8.78 Å². The molecular weight excluding hydrogens is 268 g/mol. The predicted molar refractivity (Wildman–Crippen MR) is 69.8 cm³/mol. The lowest BCUT2D eigenvalue weighted by atomic mass is 10.1. The van der Waals surface area contributed by atoms with Gasteiger partial charge in [-0.15, -0.1) is 0 Å². The van der Waals surface area contributed by atoms with Crippen molar-refractivity contribution in [1.29, 1.82) is 0 Å². The van der Waals surface area contributed by atoms with Gasteiger partial charge in [-0.25, -0.2) is 4.79 Å². The largest absolute Gasteiger partial charge is 0.478 e. The van der Waals surface area contributed by atoms with E-state index in [2.05, 4.69) is 10.1 Å². The minimum atomic E-state index is -2.91. The number of nitrogens with one attached hydrogen (secondary N) is 1. The standard InChI is InChI=1S/C14H11F2NO3/c15-14(16)20-10-5-3-4-9(8-10)17-12-7-2-1-6-11(12)13(18)19/h1-8,14,17H,(H,18,19). The van der Waals surface area contributed by atoms with Crippen molar-refractivity contribution < 1.29 is 23.4 Å². The van der Waals surface area contributed by atoms with Crippen LogP contribution in [0.4, 0.5) is 20.2 Å². The molecule has 4 nitrogen and oxygen atoms in total. The maximum atomic E-state index is 12.1. The molecule has 0 atom stereocenters. The molecule has 0 aliphatic heterocycles. The van der Waals surface area contributed by atoms with Gasteiger partial charge in [0.15, 0.2) is 0 Å². The van der Waals surface area contributed by atoms with Gasteiger partial charge in [0.05, 0.1) is 11.3 Å². The summed E-state index contributed by atoms with van der Waals surface area (Å²) in [6, 6.07) is 12.2. The molecule has 0 unspecified atom stereocenters. The number of halogens is 2. The molecule has 0 bridgehead atoms. The summed E-state index contributed by atoms with van der Waals surface area (Å²) in [4.78, 5) is 11.1. The van der Waals surface area contributed by atoms with Crippen molar-refractivity contribution in [1.82, 2.24) is 0 Å². The number of carboxylic acids is 1. The average molecular weight is 279 g/mol. The fourth-order valence-electron chi connectivity index (χ4n) is 1.68. The molecule has 0 fully saturated rings. The Morgan fingerprint density at radius 1 is 1.15 bits per heavy atom. The first kappa shape index (κ1) is 13.8. The monoisotopic (exact) mass is 279 g/mol. The second-order valence-corrected chi connectivity index (χ2v) is 3.88. The molecule has 104 valence electrons. The normalized spacial score (nSPS) is 10.3. The Labute approximate surface area is 113 Å². The number of aromatic carboxylic acids is 1. The summed E-state index contributed by atoms with van der Waals surface area (Å²) in [5, 5.41) is 11.9. The second-order valence-electron chi connectivity index (χ2n) is 3.88. The van der Waals surface area contributed by atoms with Crippen LogP contribution in [0, 0.1) is 0 Å². The van der Waals surface area contributed by atoms with E-state index >= 15 is 0 Å². The second kappa shape index (κ2) is 6.01. The Morgan fingerprint density at radius 2 is 1.90 bits per heavy atom. The van der Waals surface area contributed by atoms with Crippen molar-refractivity contribution in [2.45, 2.75) is 6.61 Å². The zero-order chi connectivity index (χ0) is 14.5. The summed E-state index contributed by atoms with van der Waals surface area (Å²) in [6.45, 7) is -2.91. The Bertz CT molecular complexity index is 617. The molecular formula is C14H11F2NO3. The van der Waals surface area contributed by atoms with Gasteiger partial charge in [-0.1, -0.05) is 18.2 Å². The lowest BCUT2D eigenvalue weighted by molar-refractivity contribution is -0.0498. The van der Waals surface area contributed by atoms with Crippen LogP contribution in [0.2, 0.25) is 0 Å². The Balaban J connectivity index is 2.24. The first-order valence-electron chi connectivity index (χ1n) is 5.70. The van der Waals surface area contributed by atoms with Crippen molar-refractivity contribution in [3.63, 3.8) is 0 Å². The minimum absolute atomic E-state index is 0.00203. The van der Waals surface area contributed by atoms with Gasteiger partial charge in [0.2, 0.25) is 0 Å². The molecule has 2 rings (SSSR count). The highest BCUT2D eigenvalue weighted by molar-refractivity contribution is 5.95. The third-order valence-electron chi connectivity index (χ3n) is 2.50. The Morgan fingerprint density at radius 3 is 2.60 bits per heavy atom. The summed E-state index contributed by atoms with van der Waals surface area (Å²) < 4.78 is 28.5. The van der Waals surface area contributed by atoms with Gasteiger partial charge < -0.3 is 15.2 Å². The van der Waals surface area contributed by atoms with E-state index in [1.165, 1.54) is 24.3 Å². The van der Waals surface area contributed by atoms with E-state index in [1.807, 2.05) is 0 Å². The van der Waals surface area contributed by atoms with Crippen LogP contribution in [0.3, 0.4) is 0 Å². The van der Waals surface area contributed by atoms with Gasteiger partial charge >= 0.3 is 12.6 Å². The number of rotatable bonds is 5. The minimum Gasteiger partial charge on any atom is -0.478 e. The average Bonchev–Trinajstić information content (AvgIpc) is 2.38. The van der Waals surface area contributed by atoms with Crippen molar-refractivity contribution in [2.24, 2.45) is 0 Å². The number of carboxylic acid groups (broad SMARTS) is 1. The Kier molecular flexibility index (Phi) is 4.14. The lowest BCUT2D eigenvalue weighted by Crippen LogP contribution is -2.04. The molecule has 6 heteroatoms. The third-order valence-corrected chi connectivity index (χ3v) is 2.50.